The van der Waals surface area contributed by atoms with Gasteiger partial charge in [0.15, 0.2) is 18.0 Å². The predicted molar refractivity (Wildman–Crippen MR) is 69.5 cm³/mol. The zero-order chi connectivity index (χ0) is 13.1. The molecule has 2 rings (SSSR count). The summed E-state index contributed by atoms with van der Waals surface area (Å²) in [7, 11) is 0. The van der Waals surface area contributed by atoms with Crippen molar-refractivity contribution in [2.75, 3.05) is 0 Å². The molecule has 2 aromatic rings. The molecule has 0 saturated carbocycles. The van der Waals surface area contributed by atoms with E-state index >= 15 is 0 Å². The average molecular weight is 261 g/mol. The van der Waals surface area contributed by atoms with Gasteiger partial charge in [-0.2, -0.15) is 5.26 Å². The summed E-state index contributed by atoms with van der Waals surface area (Å²) in [6, 6.07) is 3.63. The monoisotopic (exact) mass is 261 g/mol. The first-order valence-corrected chi connectivity index (χ1v) is 5.56. The Morgan fingerprint density at radius 1 is 1.67 bits per heavy atom. The first-order chi connectivity index (χ1) is 8.76. The lowest BCUT2D eigenvalue weighted by molar-refractivity contribution is 0.919. The van der Waals surface area contributed by atoms with Crippen LogP contribution in [0.2, 0.25) is 0 Å². The highest BCUT2D eigenvalue weighted by Gasteiger charge is 2.14. The highest BCUT2D eigenvalue weighted by Crippen LogP contribution is 2.28. The first-order valence-electron chi connectivity index (χ1n) is 4.88. The molecule has 2 heterocycles. The lowest BCUT2D eigenvalue weighted by Crippen LogP contribution is -1.97. The Balaban J connectivity index is 2.87. The lowest BCUT2D eigenvalue weighted by atomic mass is 10.0. The van der Waals surface area contributed by atoms with Crippen LogP contribution >= 0.6 is 12.3 Å². The molecule has 0 saturated heterocycles. The quantitative estimate of drug-likeness (QED) is 0.829. The van der Waals surface area contributed by atoms with Crippen molar-refractivity contribution in [1.82, 2.24) is 8.96 Å². The van der Waals surface area contributed by atoms with Crippen molar-refractivity contribution in [2.24, 2.45) is 5.73 Å². The molecule has 18 heavy (non-hydrogen) atoms. The summed E-state index contributed by atoms with van der Waals surface area (Å²) >= 11 is 0.0175. The Hall–Kier alpha value is -2.33. The summed E-state index contributed by atoms with van der Waals surface area (Å²) in [5.41, 5.74) is 7.01. The third-order valence-electron chi connectivity index (χ3n) is 2.50. The number of nitrogens with two attached hydrogens (primary N) is 1. The number of aromatic nitrogens is 2. The van der Waals surface area contributed by atoms with Gasteiger partial charge in [-0.05, 0) is 6.07 Å². The SMILES string of the molecule is N#Cc1cnc2c(ccn2SF)c1/C(C=N)=C/N. The van der Waals surface area contributed by atoms with E-state index in [1.807, 2.05) is 6.07 Å². The standard InChI is InChI=1S/C11H8FN5S/c12-18-17-2-1-9-10(7(3-13)4-14)8(5-15)6-16-11(9)17/h1-4,6,13H,14H2/b7-4+,13-3?. The Labute approximate surface area is 107 Å². The third-order valence-corrected chi connectivity index (χ3v) is 2.94. The number of halogens is 1. The number of nitrogens with one attached hydrogen (secondary N) is 1. The third kappa shape index (κ3) is 1.72. The van der Waals surface area contributed by atoms with Gasteiger partial charge in [0, 0.05) is 41.3 Å². The van der Waals surface area contributed by atoms with Crippen LogP contribution in [0.4, 0.5) is 3.89 Å². The summed E-state index contributed by atoms with van der Waals surface area (Å²) < 4.78 is 13.9. The van der Waals surface area contributed by atoms with Gasteiger partial charge in [0.2, 0.25) is 0 Å². The van der Waals surface area contributed by atoms with E-state index < -0.39 is 0 Å². The molecule has 2 aromatic heterocycles. The normalized spacial score (nSPS) is 11.4. The van der Waals surface area contributed by atoms with Crippen LogP contribution in [0.15, 0.2) is 24.7 Å². The molecule has 3 N–H and O–H groups in total. The summed E-state index contributed by atoms with van der Waals surface area (Å²) in [6.45, 7) is 0. The van der Waals surface area contributed by atoms with E-state index in [9.17, 15) is 3.89 Å². The number of nitriles is 1. The molecule has 0 bridgehead atoms. The molecule has 0 aliphatic carbocycles. The molecule has 0 aliphatic rings. The van der Waals surface area contributed by atoms with Crippen molar-refractivity contribution < 1.29 is 3.89 Å². The molecule has 90 valence electrons. The van der Waals surface area contributed by atoms with Crippen molar-refractivity contribution >= 4 is 35.2 Å². The van der Waals surface area contributed by atoms with E-state index in [-0.39, 0.29) is 12.3 Å². The average Bonchev–Trinajstić information content (AvgIpc) is 2.83. The predicted octanol–water partition coefficient (Wildman–Crippen LogP) is 2.24. The number of fused-ring (bicyclic) bond motifs is 1. The van der Waals surface area contributed by atoms with Gasteiger partial charge in [0.05, 0.1) is 5.56 Å². The zero-order valence-electron chi connectivity index (χ0n) is 9.09. The maximum Gasteiger partial charge on any atom is 0.171 e. The minimum absolute atomic E-state index is 0.0175. The molecule has 5 nitrogen and oxygen atoms in total. The molecule has 0 fully saturated rings. The van der Waals surface area contributed by atoms with Crippen LogP contribution in [0.1, 0.15) is 11.1 Å². The van der Waals surface area contributed by atoms with Crippen molar-refractivity contribution in [3.63, 3.8) is 0 Å². The van der Waals surface area contributed by atoms with E-state index in [1.54, 1.807) is 6.07 Å². The molecule has 0 unspecified atom stereocenters. The smallest absolute Gasteiger partial charge is 0.171 e. The highest BCUT2D eigenvalue weighted by atomic mass is 32.2. The second kappa shape index (κ2) is 4.89. The molecule has 0 radical (unpaired) electrons. The zero-order valence-corrected chi connectivity index (χ0v) is 9.91. The number of hydrogen-bond acceptors (Lipinski definition) is 5. The van der Waals surface area contributed by atoms with Crippen LogP contribution in [0, 0.1) is 16.7 Å². The first kappa shape index (κ1) is 12.1. The van der Waals surface area contributed by atoms with E-state index in [0.29, 0.717) is 27.7 Å². The fourth-order valence-corrected chi connectivity index (χ4v) is 2.04. The van der Waals surface area contributed by atoms with Gasteiger partial charge in [-0.3, -0.25) is 0 Å². The van der Waals surface area contributed by atoms with E-state index in [0.717, 1.165) is 6.21 Å². The maximum atomic E-state index is 12.7. The Morgan fingerprint density at radius 2 is 2.44 bits per heavy atom. The molecule has 0 atom stereocenters. The summed E-state index contributed by atoms with van der Waals surface area (Å²) in [6.07, 6.45) is 5.14. The van der Waals surface area contributed by atoms with Gasteiger partial charge in [-0.25, -0.2) is 8.96 Å². The van der Waals surface area contributed by atoms with Crippen LogP contribution in [0.25, 0.3) is 16.6 Å². The lowest BCUT2D eigenvalue weighted by Gasteiger charge is -2.05. The fraction of sp³-hybridized carbons (Fsp3) is 0. The molecule has 0 aromatic carbocycles. The van der Waals surface area contributed by atoms with Gasteiger partial charge in [-0.15, -0.1) is 3.89 Å². The van der Waals surface area contributed by atoms with Gasteiger partial charge < -0.3 is 11.1 Å². The second-order valence-electron chi connectivity index (χ2n) is 3.37. The van der Waals surface area contributed by atoms with Crippen molar-refractivity contribution in [1.29, 1.82) is 10.7 Å². The van der Waals surface area contributed by atoms with Gasteiger partial charge in [-0.1, -0.05) is 0 Å². The minimum Gasteiger partial charge on any atom is -0.404 e. The molecule has 7 heteroatoms. The van der Waals surface area contributed by atoms with Crippen LogP contribution < -0.4 is 5.73 Å². The molecule has 0 aliphatic heterocycles. The van der Waals surface area contributed by atoms with E-state index in [4.69, 9.17) is 16.4 Å². The van der Waals surface area contributed by atoms with Gasteiger partial charge >= 0.3 is 0 Å². The summed E-state index contributed by atoms with van der Waals surface area (Å²) in [5, 5.41) is 17.0. The van der Waals surface area contributed by atoms with E-state index in [1.165, 1.54) is 22.6 Å². The molecular weight excluding hydrogens is 253 g/mol. The molecule has 0 spiro atoms. The maximum absolute atomic E-state index is 12.7. The Bertz CT molecular complexity index is 683. The van der Waals surface area contributed by atoms with Crippen molar-refractivity contribution in [3.8, 4) is 6.07 Å². The number of nitrogens with zero attached hydrogens (tertiary/aromatic N) is 3. The molecule has 0 amide bonds. The van der Waals surface area contributed by atoms with Crippen LogP contribution in [0.5, 0.6) is 0 Å². The molecular formula is C11H8FN5S. The summed E-state index contributed by atoms with van der Waals surface area (Å²) in [5.74, 6) is 0. The Morgan fingerprint density at radius 3 is 3.00 bits per heavy atom. The van der Waals surface area contributed by atoms with Crippen LogP contribution in [-0.4, -0.2) is 15.2 Å². The number of pyridine rings is 1. The highest BCUT2D eigenvalue weighted by molar-refractivity contribution is 7.92. The fourth-order valence-electron chi connectivity index (χ4n) is 1.72. The van der Waals surface area contributed by atoms with E-state index in [2.05, 4.69) is 4.98 Å². The minimum atomic E-state index is 0.0175. The Kier molecular flexibility index (Phi) is 3.30. The van der Waals surface area contributed by atoms with Crippen LogP contribution in [0.3, 0.4) is 0 Å². The largest absolute Gasteiger partial charge is 0.404 e. The summed E-state index contributed by atoms with van der Waals surface area (Å²) in [4.78, 5) is 4.03. The van der Waals surface area contributed by atoms with Gasteiger partial charge in [0.25, 0.3) is 0 Å². The number of hydrogen-bond donors (Lipinski definition) is 2. The van der Waals surface area contributed by atoms with Crippen LogP contribution in [-0.2, 0) is 0 Å². The number of allylic oxidation sites excluding steroid dienone is 1. The van der Waals surface area contributed by atoms with Crippen molar-refractivity contribution in [3.05, 3.63) is 35.8 Å². The van der Waals surface area contributed by atoms with Crippen molar-refractivity contribution in [2.45, 2.75) is 0 Å². The number of rotatable bonds is 3. The second-order valence-corrected chi connectivity index (χ2v) is 3.90. The topological polar surface area (TPSA) is 91.5 Å². The van der Waals surface area contributed by atoms with Gasteiger partial charge in [0.1, 0.15) is 6.07 Å².